The van der Waals surface area contributed by atoms with Gasteiger partial charge in [0.1, 0.15) is 17.1 Å². The second kappa shape index (κ2) is 7.01. The number of hydrogen-bond donors (Lipinski definition) is 1. The molecule has 3 aromatic rings. The lowest BCUT2D eigenvalue weighted by molar-refractivity contribution is 0.395. The highest BCUT2D eigenvalue weighted by Gasteiger charge is 2.22. The maximum atomic E-state index is 13.0. The van der Waals surface area contributed by atoms with Gasteiger partial charge in [0, 0.05) is 37.3 Å². The molecule has 0 bridgehead atoms. The van der Waals surface area contributed by atoms with Crippen molar-refractivity contribution in [3.8, 4) is 22.6 Å². The molecule has 0 aliphatic heterocycles. The third-order valence-corrected chi connectivity index (χ3v) is 4.77. The molecule has 0 fully saturated rings. The summed E-state index contributed by atoms with van der Waals surface area (Å²) in [6.07, 6.45) is 1.62. The molecule has 0 unspecified atom stereocenters. The van der Waals surface area contributed by atoms with Gasteiger partial charge in [-0.15, -0.1) is 0 Å². The van der Waals surface area contributed by atoms with Gasteiger partial charge in [0.25, 0.3) is 5.56 Å². The van der Waals surface area contributed by atoms with Crippen molar-refractivity contribution in [1.29, 1.82) is 0 Å². The van der Waals surface area contributed by atoms with E-state index >= 15 is 0 Å². The molecule has 0 aliphatic carbocycles. The average Bonchev–Trinajstić information content (AvgIpc) is 2.65. The number of nitrogens with one attached hydrogen (secondary N) is 1. The summed E-state index contributed by atoms with van der Waals surface area (Å²) in [5, 5.41) is 3.96. The molecule has 0 amide bonds. The molecule has 26 heavy (non-hydrogen) atoms. The van der Waals surface area contributed by atoms with Gasteiger partial charge in [-0.2, -0.15) is 4.98 Å². The lowest BCUT2D eigenvalue weighted by Crippen LogP contribution is -2.20. The highest BCUT2D eigenvalue weighted by Crippen LogP contribution is 2.45. The monoisotopic (exact) mass is 394 g/mol. The van der Waals surface area contributed by atoms with Gasteiger partial charge in [-0.1, -0.05) is 23.2 Å². The Morgan fingerprint density at radius 1 is 1.12 bits per heavy atom. The number of fused-ring (bicyclic) bond motifs is 1. The van der Waals surface area contributed by atoms with Crippen LogP contribution < -0.4 is 20.3 Å². The Morgan fingerprint density at radius 2 is 1.73 bits per heavy atom. The van der Waals surface area contributed by atoms with Gasteiger partial charge >= 0.3 is 0 Å². The number of ether oxygens (including phenoxy) is 2. The molecule has 0 aliphatic rings. The molecule has 0 radical (unpaired) electrons. The highest BCUT2D eigenvalue weighted by molar-refractivity contribution is 6.41. The molecular formula is C17H16Cl2N4O3. The van der Waals surface area contributed by atoms with Crippen molar-refractivity contribution < 1.29 is 9.47 Å². The van der Waals surface area contributed by atoms with Crippen molar-refractivity contribution in [3.05, 3.63) is 38.7 Å². The Bertz CT molecular complexity index is 1040. The van der Waals surface area contributed by atoms with E-state index in [1.54, 1.807) is 32.4 Å². The van der Waals surface area contributed by atoms with Crippen molar-refractivity contribution in [2.45, 2.75) is 0 Å². The van der Waals surface area contributed by atoms with Crippen LogP contribution >= 0.6 is 23.2 Å². The first-order valence-electron chi connectivity index (χ1n) is 7.57. The standard InChI is InChI=1S/C17H16Cl2N4O3/c1-20-17-21-7-8-5-9(16(24)23(2)15(8)22-17)12-13(18)10(25-3)6-11(26-4)14(12)19/h5-7H,1-4H3,(H,20,21,22). The first-order chi connectivity index (χ1) is 12.4. The number of aryl methyl sites for hydroxylation is 1. The molecule has 2 heterocycles. The summed E-state index contributed by atoms with van der Waals surface area (Å²) in [6, 6.07) is 3.23. The molecule has 2 aromatic heterocycles. The first kappa shape index (κ1) is 18.3. The van der Waals surface area contributed by atoms with Crippen molar-refractivity contribution in [2.24, 2.45) is 7.05 Å². The Balaban J connectivity index is 2.40. The number of rotatable bonds is 4. The van der Waals surface area contributed by atoms with Gasteiger partial charge < -0.3 is 14.8 Å². The lowest BCUT2D eigenvalue weighted by atomic mass is 10.0. The Labute approximate surface area is 159 Å². The number of anilines is 1. The minimum Gasteiger partial charge on any atom is -0.495 e. The van der Waals surface area contributed by atoms with Crippen LogP contribution in [0.5, 0.6) is 11.5 Å². The normalized spacial score (nSPS) is 10.8. The van der Waals surface area contributed by atoms with Crippen molar-refractivity contribution in [1.82, 2.24) is 14.5 Å². The van der Waals surface area contributed by atoms with E-state index in [4.69, 9.17) is 32.7 Å². The minimum atomic E-state index is -0.308. The molecule has 7 nitrogen and oxygen atoms in total. The van der Waals surface area contributed by atoms with Crippen LogP contribution in [0.1, 0.15) is 0 Å². The summed E-state index contributed by atoms with van der Waals surface area (Å²) in [5.41, 5.74) is 0.815. The molecule has 0 atom stereocenters. The van der Waals surface area contributed by atoms with Crippen LogP contribution in [-0.2, 0) is 7.05 Å². The molecule has 1 aromatic carbocycles. The molecule has 3 rings (SSSR count). The van der Waals surface area contributed by atoms with Gasteiger partial charge in [0.15, 0.2) is 0 Å². The molecule has 0 spiro atoms. The van der Waals surface area contributed by atoms with Crippen LogP contribution in [0.25, 0.3) is 22.2 Å². The summed E-state index contributed by atoms with van der Waals surface area (Å²) in [6.45, 7) is 0. The van der Waals surface area contributed by atoms with E-state index in [1.807, 2.05) is 0 Å². The third-order valence-electron chi connectivity index (χ3n) is 4.02. The van der Waals surface area contributed by atoms with Crippen LogP contribution in [-0.4, -0.2) is 35.8 Å². The van der Waals surface area contributed by atoms with Gasteiger partial charge in [0.2, 0.25) is 5.95 Å². The van der Waals surface area contributed by atoms with E-state index in [-0.39, 0.29) is 15.6 Å². The minimum absolute atomic E-state index is 0.225. The number of benzene rings is 1. The molecule has 0 saturated heterocycles. The number of hydrogen-bond acceptors (Lipinski definition) is 6. The number of halogens is 2. The number of nitrogens with zero attached hydrogens (tertiary/aromatic N) is 3. The third kappa shape index (κ3) is 2.83. The fraction of sp³-hybridized carbons (Fsp3) is 0.235. The Kier molecular flexibility index (Phi) is 4.93. The summed E-state index contributed by atoms with van der Waals surface area (Å²) in [5.74, 6) is 1.12. The van der Waals surface area contributed by atoms with Crippen LogP contribution in [0.15, 0.2) is 23.1 Å². The Hall–Kier alpha value is -2.51. The Morgan fingerprint density at radius 3 is 2.27 bits per heavy atom. The molecular weight excluding hydrogens is 379 g/mol. The maximum Gasteiger partial charge on any atom is 0.259 e. The second-order valence-corrected chi connectivity index (χ2v) is 6.18. The quantitative estimate of drug-likeness (QED) is 0.730. The topological polar surface area (TPSA) is 78.3 Å². The number of aromatic nitrogens is 3. The van der Waals surface area contributed by atoms with Gasteiger partial charge in [-0.25, -0.2) is 4.98 Å². The van der Waals surface area contributed by atoms with Crippen LogP contribution in [0.4, 0.5) is 5.95 Å². The van der Waals surface area contributed by atoms with Crippen LogP contribution in [0, 0.1) is 0 Å². The lowest BCUT2D eigenvalue weighted by Gasteiger charge is -2.15. The van der Waals surface area contributed by atoms with E-state index in [9.17, 15) is 4.79 Å². The predicted octanol–water partition coefficient (Wildman–Crippen LogP) is 3.36. The zero-order valence-corrected chi connectivity index (χ0v) is 16.1. The van der Waals surface area contributed by atoms with E-state index in [0.717, 1.165) is 0 Å². The number of pyridine rings is 1. The second-order valence-electron chi connectivity index (χ2n) is 5.43. The van der Waals surface area contributed by atoms with Crippen molar-refractivity contribution in [2.75, 3.05) is 26.6 Å². The van der Waals surface area contributed by atoms with E-state index in [0.29, 0.717) is 39.6 Å². The molecule has 0 saturated carbocycles. The molecule has 136 valence electrons. The maximum absolute atomic E-state index is 13.0. The fourth-order valence-corrected chi connectivity index (χ4v) is 3.37. The van der Waals surface area contributed by atoms with Crippen molar-refractivity contribution >= 4 is 40.2 Å². The smallest absolute Gasteiger partial charge is 0.259 e. The highest BCUT2D eigenvalue weighted by atomic mass is 35.5. The zero-order valence-electron chi connectivity index (χ0n) is 14.6. The summed E-state index contributed by atoms with van der Waals surface area (Å²) >= 11 is 12.9. The largest absolute Gasteiger partial charge is 0.495 e. The van der Waals surface area contributed by atoms with E-state index < -0.39 is 0 Å². The van der Waals surface area contributed by atoms with Crippen LogP contribution in [0.2, 0.25) is 10.0 Å². The fourth-order valence-electron chi connectivity index (χ4n) is 2.67. The summed E-state index contributed by atoms with van der Waals surface area (Å²) in [4.78, 5) is 21.5. The predicted molar refractivity (Wildman–Crippen MR) is 103 cm³/mol. The van der Waals surface area contributed by atoms with Gasteiger partial charge in [-0.05, 0) is 6.07 Å². The SMILES string of the molecule is CNc1ncc2cc(-c3c(Cl)c(OC)cc(OC)c3Cl)c(=O)n(C)c2n1. The average molecular weight is 395 g/mol. The van der Waals surface area contributed by atoms with E-state index in [1.165, 1.54) is 18.8 Å². The van der Waals surface area contributed by atoms with Gasteiger partial charge in [0.05, 0.1) is 29.8 Å². The van der Waals surface area contributed by atoms with Gasteiger partial charge in [-0.3, -0.25) is 9.36 Å². The van der Waals surface area contributed by atoms with Crippen molar-refractivity contribution in [3.63, 3.8) is 0 Å². The first-order valence-corrected chi connectivity index (χ1v) is 8.33. The molecule has 9 heteroatoms. The van der Waals surface area contributed by atoms with Crippen LogP contribution in [0.3, 0.4) is 0 Å². The summed E-state index contributed by atoms with van der Waals surface area (Å²) in [7, 11) is 6.28. The zero-order chi connectivity index (χ0) is 19.0. The molecule has 1 N–H and O–H groups in total. The number of methoxy groups -OCH3 is 2. The summed E-state index contributed by atoms with van der Waals surface area (Å²) < 4.78 is 12.0. The van der Waals surface area contributed by atoms with E-state index in [2.05, 4.69) is 15.3 Å².